The van der Waals surface area contributed by atoms with Gasteiger partial charge in [0, 0.05) is 29.1 Å². The van der Waals surface area contributed by atoms with Crippen LogP contribution in [-0.2, 0) is 13.1 Å². The predicted octanol–water partition coefficient (Wildman–Crippen LogP) is 3.88. The summed E-state index contributed by atoms with van der Waals surface area (Å²) in [4.78, 5) is 11.7. The van der Waals surface area contributed by atoms with E-state index in [2.05, 4.69) is 12.2 Å². The van der Waals surface area contributed by atoms with Crippen LogP contribution in [-0.4, -0.2) is 22.2 Å². The van der Waals surface area contributed by atoms with Crippen molar-refractivity contribution in [2.75, 3.05) is 6.54 Å². The lowest BCUT2D eigenvalue weighted by Crippen LogP contribution is -2.17. The number of hydrogen-bond acceptors (Lipinski definition) is 2. The molecule has 0 atom stereocenters. The fourth-order valence-electron chi connectivity index (χ4n) is 3.00. The van der Waals surface area contributed by atoms with E-state index >= 15 is 0 Å². The molecule has 5 heteroatoms. The molecule has 0 amide bonds. The monoisotopic (exact) mass is 332 g/mol. The van der Waals surface area contributed by atoms with E-state index in [0.29, 0.717) is 29.9 Å². The minimum absolute atomic E-state index is 0.274. The van der Waals surface area contributed by atoms with Gasteiger partial charge in [-0.3, -0.25) is 0 Å². The van der Waals surface area contributed by atoms with E-state index in [1.165, 1.54) is 6.07 Å². The second kappa shape index (κ2) is 8.11. The highest BCUT2D eigenvalue weighted by Gasteiger charge is 2.22. The zero-order chi connectivity index (χ0) is 17.7. The number of carboxylic acids is 1. The van der Waals surface area contributed by atoms with Gasteiger partial charge in [0.2, 0.25) is 0 Å². The summed E-state index contributed by atoms with van der Waals surface area (Å²) in [5.41, 5.74) is 3.20. The first-order chi connectivity index (χ1) is 11.5. The van der Waals surface area contributed by atoms with Crippen molar-refractivity contribution < 1.29 is 14.3 Å². The zero-order valence-electron chi connectivity index (χ0n) is 14.5. The van der Waals surface area contributed by atoms with Crippen LogP contribution >= 0.6 is 0 Å². The average molecular weight is 332 g/mol. The smallest absolute Gasteiger partial charge is 0.337 e. The Hall–Kier alpha value is -2.14. The molecule has 0 unspecified atom stereocenters. The highest BCUT2D eigenvalue weighted by molar-refractivity contribution is 5.91. The second-order valence-electron chi connectivity index (χ2n) is 6.04. The van der Waals surface area contributed by atoms with E-state index in [-0.39, 0.29) is 5.82 Å². The molecule has 0 radical (unpaired) electrons. The summed E-state index contributed by atoms with van der Waals surface area (Å²) in [6.07, 6.45) is 2.14. The molecule has 1 aromatic carbocycles. The minimum atomic E-state index is -0.935. The number of carbonyl (C=O) groups is 1. The number of hydrogen-bond donors (Lipinski definition) is 2. The number of nitrogens with one attached hydrogen (secondary N) is 1. The average Bonchev–Trinajstić information content (AvgIpc) is 2.78. The number of aromatic nitrogens is 1. The third-order valence-corrected chi connectivity index (χ3v) is 4.42. The van der Waals surface area contributed by atoms with Gasteiger partial charge in [0.25, 0.3) is 0 Å². The molecule has 0 aliphatic rings. The lowest BCUT2D eigenvalue weighted by atomic mass is 10.1. The molecule has 2 N–H and O–H groups in total. The van der Waals surface area contributed by atoms with Crippen LogP contribution in [0.2, 0.25) is 0 Å². The van der Waals surface area contributed by atoms with Crippen molar-refractivity contribution in [3.63, 3.8) is 0 Å². The van der Waals surface area contributed by atoms with Crippen LogP contribution in [0.4, 0.5) is 4.39 Å². The minimum Gasteiger partial charge on any atom is -0.478 e. The molecule has 130 valence electrons. The fraction of sp³-hybridized carbons (Fsp3) is 0.421. The number of unbranched alkanes of at least 4 members (excludes halogenated alkanes) is 1. The van der Waals surface area contributed by atoms with Crippen LogP contribution in [0.15, 0.2) is 24.3 Å². The SMILES string of the molecule is CCCCNCc1c(C(=O)O)c(C)n(Cc2ccccc2F)c1C. The molecule has 0 bridgehead atoms. The summed E-state index contributed by atoms with van der Waals surface area (Å²) in [6, 6.07) is 6.60. The van der Waals surface area contributed by atoms with Gasteiger partial charge in [-0.25, -0.2) is 9.18 Å². The molecule has 0 aliphatic heterocycles. The Morgan fingerprint density at radius 2 is 1.96 bits per heavy atom. The lowest BCUT2D eigenvalue weighted by Gasteiger charge is -2.11. The Balaban J connectivity index is 2.35. The van der Waals surface area contributed by atoms with Gasteiger partial charge in [0.15, 0.2) is 0 Å². The molecule has 0 spiro atoms. The van der Waals surface area contributed by atoms with Crippen molar-refractivity contribution in [1.82, 2.24) is 9.88 Å². The Morgan fingerprint density at radius 1 is 1.25 bits per heavy atom. The summed E-state index contributed by atoms with van der Waals surface area (Å²) in [5.74, 6) is -1.21. The quantitative estimate of drug-likeness (QED) is 0.721. The first-order valence-electron chi connectivity index (χ1n) is 8.33. The van der Waals surface area contributed by atoms with Crippen LogP contribution in [0.1, 0.15) is 52.6 Å². The molecule has 0 saturated heterocycles. The van der Waals surface area contributed by atoms with E-state index in [4.69, 9.17) is 0 Å². The second-order valence-corrected chi connectivity index (χ2v) is 6.04. The summed E-state index contributed by atoms with van der Waals surface area (Å²) in [7, 11) is 0. The van der Waals surface area contributed by atoms with Gasteiger partial charge in [0.05, 0.1) is 12.1 Å². The highest BCUT2D eigenvalue weighted by Crippen LogP contribution is 2.24. The van der Waals surface area contributed by atoms with Crippen LogP contribution in [0, 0.1) is 19.7 Å². The molecule has 2 rings (SSSR count). The van der Waals surface area contributed by atoms with Gasteiger partial charge >= 0.3 is 5.97 Å². The molecule has 1 heterocycles. The molecular formula is C19H25FN2O2. The van der Waals surface area contributed by atoms with Gasteiger partial charge in [-0.15, -0.1) is 0 Å². The first-order valence-corrected chi connectivity index (χ1v) is 8.33. The molecule has 0 fully saturated rings. The normalized spacial score (nSPS) is 11.0. The van der Waals surface area contributed by atoms with E-state index in [1.807, 2.05) is 11.5 Å². The first kappa shape index (κ1) is 18.2. The topological polar surface area (TPSA) is 54.3 Å². The summed E-state index contributed by atoms with van der Waals surface area (Å²) in [5, 5.41) is 12.9. The third kappa shape index (κ3) is 3.85. The number of benzene rings is 1. The van der Waals surface area contributed by atoms with E-state index < -0.39 is 5.97 Å². The number of halogens is 1. The number of aromatic carboxylic acids is 1. The van der Waals surface area contributed by atoms with E-state index in [9.17, 15) is 14.3 Å². The van der Waals surface area contributed by atoms with Gasteiger partial charge in [-0.1, -0.05) is 31.5 Å². The maximum absolute atomic E-state index is 14.0. The predicted molar refractivity (Wildman–Crippen MR) is 93.0 cm³/mol. The van der Waals surface area contributed by atoms with Crippen LogP contribution < -0.4 is 5.32 Å². The summed E-state index contributed by atoms with van der Waals surface area (Å²) < 4.78 is 15.8. The molecule has 0 saturated carbocycles. The Kier molecular flexibility index (Phi) is 6.15. The molecule has 2 aromatic rings. The van der Waals surface area contributed by atoms with Gasteiger partial charge in [0.1, 0.15) is 5.82 Å². The Labute approximate surface area is 142 Å². The maximum Gasteiger partial charge on any atom is 0.337 e. The molecule has 1 aromatic heterocycles. The van der Waals surface area contributed by atoms with E-state index in [1.54, 1.807) is 25.1 Å². The van der Waals surface area contributed by atoms with Crippen LogP contribution in [0.25, 0.3) is 0 Å². The molecular weight excluding hydrogens is 307 g/mol. The zero-order valence-corrected chi connectivity index (χ0v) is 14.5. The Morgan fingerprint density at radius 3 is 2.58 bits per heavy atom. The number of rotatable bonds is 8. The third-order valence-electron chi connectivity index (χ3n) is 4.42. The summed E-state index contributed by atoms with van der Waals surface area (Å²) >= 11 is 0. The van der Waals surface area contributed by atoms with E-state index in [0.717, 1.165) is 30.6 Å². The van der Waals surface area contributed by atoms with Crippen molar-refractivity contribution in [3.8, 4) is 0 Å². The van der Waals surface area contributed by atoms with Crippen LogP contribution in [0.3, 0.4) is 0 Å². The molecule has 4 nitrogen and oxygen atoms in total. The molecule has 0 aliphatic carbocycles. The lowest BCUT2D eigenvalue weighted by molar-refractivity contribution is 0.0694. The number of carboxylic acid groups (broad SMARTS) is 1. The number of nitrogens with zero attached hydrogens (tertiary/aromatic N) is 1. The highest BCUT2D eigenvalue weighted by atomic mass is 19.1. The van der Waals surface area contributed by atoms with Crippen LogP contribution in [0.5, 0.6) is 0 Å². The maximum atomic E-state index is 14.0. The van der Waals surface area contributed by atoms with Gasteiger partial charge in [-0.05, 0) is 32.9 Å². The Bertz CT molecular complexity index is 722. The summed E-state index contributed by atoms with van der Waals surface area (Å²) in [6.45, 7) is 7.50. The van der Waals surface area contributed by atoms with Crippen molar-refractivity contribution in [2.24, 2.45) is 0 Å². The largest absolute Gasteiger partial charge is 0.478 e. The van der Waals surface area contributed by atoms with Gasteiger partial charge in [-0.2, -0.15) is 0 Å². The fourth-order valence-corrected chi connectivity index (χ4v) is 3.00. The van der Waals surface area contributed by atoms with Gasteiger partial charge < -0.3 is 15.0 Å². The standard InChI is InChI=1S/C19H25FN2O2/c1-4-5-10-21-11-16-13(2)22(14(3)18(16)19(23)24)12-15-8-6-7-9-17(15)20/h6-9,21H,4-5,10-12H2,1-3H3,(H,23,24). The molecule has 24 heavy (non-hydrogen) atoms. The van der Waals surface area contributed by atoms with Crippen molar-refractivity contribution in [1.29, 1.82) is 0 Å². The van der Waals surface area contributed by atoms with Crippen molar-refractivity contribution in [3.05, 3.63) is 58.2 Å². The van der Waals surface area contributed by atoms with Crippen molar-refractivity contribution in [2.45, 2.75) is 46.7 Å². The van der Waals surface area contributed by atoms with Crippen molar-refractivity contribution >= 4 is 5.97 Å².